The number of hydrogen-bond donors (Lipinski definition) is 3. The van der Waals surface area contributed by atoms with Crippen LogP contribution in [0.1, 0.15) is 26.7 Å². The Morgan fingerprint density at radius 3 is 2.50 bits per heavy atom. The van der Waals surface area contributed by atoms with E-state index in [4.69, 9.17) is 5.73 Å². The van der Waals surface area contributed by atoms with Gasteiger partial charge in [-0.1, -0.05) is 0 Å². The van der Waals surface area contributed by atoms with E-state index in [0.717, 1.165) is 18.7 Å². The Labute approximate surface area is 120 Å². The van der Waals surface area contributed by atoms with Crippen LogP contribution >= 0.6 is 0 Å². The predicted molar refractivity (Wildman–Crippen MR) is 82.5 cm³/mol. The van der Waals surface area contributed by atoms with Crippen molar-refractivity contribution in [1.29, 1.82) is 0 Å². The molecule has 0 aliphatic carbocycles. The number of rotatable bonds is 7. The first-order valence-corrected chi connectivity index (χ1v) is 6.82. The largest absolute Gasteiger partial charge is 0.399 e. The predicted octanol–water partition coefficient (Wildman–Crippen LogP) is 1.69. The highest BCUT2D eigenvalue weighted by Crippen LogP contribution is 2.13. The summed E-state index contributed by atoms with van der Waals surface area (Å²) < 4.78 is 0. The van der Waals surface area contributed by atoms with Crippen LogP contribution in [-0.4, -0.2) is 41.7 Å². The summed E-state index contributed by atoms with van der Waals surface area (Å²) in [7, 11) is 1.95. The highest BCUT2D eigenvalue weighted by Gasteiger charge is 2.21. The molecule has 0 saturated heterocycles. The lowest BCUT2D eigenvalue weighted by molar-refractivity contribution is -0.116. The molecule has 1 aromatic rings. The van der Waals surface area contributed by atoms with Crippen LogP contribution in [0.2, 0.25) is 0 Å². The summed E-state index contributed by atoms with van der Waals surface area (Å²) >= 11 is 0. The van der Waals surface area contributed by atoms with Crippen molar-refractivity contribution in [3.05, 3.63) is 24.3 Å². The smallest absolute Gasteiger partial charge is 0.224 e. The highest BCUT2D eigenvalue weighted by atomic mass is 16.3. The summed E-state index contributed by atoms with van der Waals surface area (Å²) in [4.78, 5) is 13.8. The molecule has 20 heavy (non-hydrogen) atoms. The van der Waals surface area contributed by atoms with Gasteiger partial charge in [-0.3, -0.25) is 9.69 Å². The van der Waals surface area contributed by atoms with Crippen molar-refractivity contribution in [2.24, 2.45) is 0 Å². The van der Waals surface area contributed by atoms with Crippen molar-refractivity contribution in [3.63, 3.8) is 0 Å². The molecule has 112 valence electrons. The molecule has 0 atom stereocenters. The van der Waals surface area contributed by atoms with Gasteiger partial charge in [0.2, 0.25) is 5.91 Å². The quantitative estimate of drug-likeness (QED) is 0.664. The monoisotopic (exact) mass is 279 g/mol. The van der Waals surface area contributed by atoms with Gasteiger partial charge in [0, 0.05) is 23.3 Å². The minimum absolute atomic E-state index is 0.00928. The molecule has 0 aliphatic heterocycles. The molecule has 0 spiro atoms. The van der Waals surface area contributed by atoms with Gasteiger partial charge in [-0.15, -0.1) is 0 Å². The van der Waals surface area contributed by atoms with Crippen molar-refractivity contribution in [2.45, 2.75) is 32.2 Å². The van der Waals surface area contributed by atoms with Crippen LogP contribution in [0.25, 0.3) is 0 Å². The third kappa shape index (κ3) is 5.19. The Morgan fingerprint density at radius 1 is 1.35 bits per heavy atom. The van der Waals surface area contributed by atoms with Crippen LogP contribution in [0.5, 0.6) is 0 Å². The molecule has 5 nitrogen and oxygen atoms in total. The molecule has 0 bridgehead atoms. The molecule has 0 saturated carbocycles. The van der Waals surface area contributed by atoms with Crippen LogP contribution in [-0.2, 0) is 4.79 Å². The maximum atomic E-state index is 11.8. The number of amides is 1. The molecule has 1 rings (SSSR count). The lowest BCUT2D eigenvalue weighted by Gasteiger charge is -2.33. The molecule has 0 fully saturated rings. The van der Waals surface area contributed by atoms with Crippen LogP contribution < -0.4 is 11.1 Å². The van der Waals surface area contributed by atoms with Gasteiger partial charge in [0.1, 0.15) is 0 Å². The Morgan fingerprint density at radius 2 is 1.95 bits per heavy atom. The molecule has 0 aliphatic rings. The van der Waals surface area contributed by atoms with E-state index in [2.05, 4.69) is 10.2 Å². The molecule has 0 unspecified atom stereocenters. The lowest BCUT2D eigenvalue weighted by Crippen LogP contribution is -2.44. The number of benzene rings is 1. The van der Waals surface area contributed by atoms with Crippen molar-refractivity contribution in [2.75, 3.05) is 31.2 Å². The van der Waals surface area contributed by atoms with E-state index in [1.54, 1.807) is 24.3 Å². The first-order chi connectivity index (χ1) is 9.35. The summed E-state index contributed by atoms with van der Waals surface area (Å²) in [6.07, 6.45) is 1.21. The maximum Gasteiger partial charge on any atom is 0.224 e. The summed E-state index contributed by atoms with van der Waals surface area (Å²) in [5.74, 6) is -0.00928. The normalized spacial score (nSPS) is 11.7. The second-order valence-electron chi connectivity index (χ2n) is 5.67. The fraction of sp³-hybridized carbons (Fsp3) is 0.533. The Kier molecular flexibility index (Phi) is 5.98. The summed E-state index contributed by atoms with van der Waals surface area (Å²) in [6, 6.07) is 7.09. The molecule has 0 aromatic heterocycles. The van der Waals surface area contributed by atoms with Gasteiger partial charge in [-0.2, -0.15) is 0 Å². The van der Waals surface area contributed by atoms with Gasteiger partial charge in [-0.05, 0) is 58.1 Å². The first-order valence-electron chi connectivity index (χ1n) is 6.82. The Hall–Kier alpha value is -1.59. The van der Waals surface area contributed by atoms with E-state index in [0.29, 0.717) is 12.1 Å². The minimum Gasteiger partial charge on any atom is -0.399 e. The molecule has 1 amide bonds. The summed E-state index contributed by atoms with van der Waals surface area (Å²) in [6.45, 7) is 4.81. The van der Waals surface area contributed by atoms with E-state index >= 15 is 0 Å². The molecule has 4 N–H and O–H groups in total. The standard InChI is InChI=1S/C15H25N3O2/c1-15(2,11-19)18(3)10-4-5-14(20)17-13-8-6-12(16)7-9-13/h6-9,19H,4-5,10-11,16H2,1-3H3,(H,17,20). The molecule has 1 aromatic carbocycles. The van der Waals surface area contributed by atoms with E-state index in [1.165, 1.54) is 0 Å². The number of anilines is 2. The zero-order valence-electron chi connectivity index (χ0n) is 12.5. The Balaban J connectivity index is 2.32. The number of likely N-dealkylation sites (N-methyl/N-ethyl adjacent to an activating group) is 1. The van der Waals surface area contributed by atoms with Gasteiger partial charge in [0.25, 0.3) is 0 Å². The number of hydrogen-bond acceptors (Lipinski definition) is 4. The van der Waals surface area contributed by atoms with E-state index < -0.39 is 0 Å². The van der Waals surface area contributed by atoms with E-state index in [9.17, 15) is 9.90 Å². The zero-order valence-corrected chi connectivity index (χ0v) is 12.5. The number of aliphatic hydroxyl groups is 1. The lowest BCUT2D eigenvalue weighted by atomic mass is 10.0. The van der Waals surface area contributed by atoms with Gasteiger partial charge >= 0.3 is 0 Å². The van der Waals surface area contributed by atoms with Crippen molar-refractivity contribution in [3.8, 4) is 0 Å². The van der Waals surface area contributed by atoms with Crippen molar-refractivity contribution >= 4 is 17.3 Å². The topological polar surface area (TPSA) is 78.6 Å². The van der Waals surface area contributed by atoms with Gasteiger partial charge in [0.05, 0.1) is 6.61 Å². The van der Waals surface area contributed by atoms with E-state index in [-0.39, 0.29) is 18.1 Å². The number of nitrogens with one attached hydrogen (secondary N) is 1. The highest BCUT2D eigenvalue weighted by molar-refractivity contribution is 5.90. The number of carbonyl (C=O) groups excluding carboxylic acids is 1. The summed E-state index contributed by atoms with van der Waals surface area (Å²) in [5.41, 5.74) is 6.76. The second kappa shape index (κ2) is 7.26. The SMILES string of the molecule is CN(CCCC(=O)Nc1ccc(N)cc1)C(C)(C)CO. The number of nitrogens with zero attached hydrogens (tertiary/aromatic N) is 1. The van der Waals surface area contributed by atoms with Crippen molar-refractivity contribution < 1.29 is 9.90 Å². The molecular weight excluding hydrogens is 254 g/mol. The first kappa shape index (κ1) is 16.5. The third-order valence-electron chi connectivity index (χ3n) is 3.51. The Bertz CT molecular complexity index is 429. The zero-order chi connectivity index (χ0) is 15.2. The van der Waals surface area contributed by atoms with Gasteiger partial charge < -0.3 is 16.2 Å². The van der Waals surface area contributed by atoms with Crippen LogP contribution in [0.15, 0.2) is 24.3 Å². The van der Waals surface area contributed by atoms with Crippen molar-refractivity contribution in [1.82, 2.24) is 4.90 Å². The number of carbonyl (C=O) groups is 1. The number of nitrogen functional groups attached to an aromatic ring is 1. The average Bonchev–Trinajstić information content (AvgIpc) is 2.41. The maximum absolute atomic E-state index is 11.8. The van der Waals surface area contributed by atoms with Gasteiger partial charge in [-0.25, -0.2) is 0 Å². The summed E-state index contributed by atoms with van der Waals surface area (Å²) in [5, 5.41) is 12.1. The average molecular weight is 279 g/mol. The molecule has 0 radical (unpaired) electrons. The van der Waals surface area contributed by atoms with Gasteiger partial charge in [0.15, 0.2) is 0 Å². The van der Waals surface area contributed by atoms with Crippen LogP contribution in [0.3, 0.4) is 0 Å². The number of nitrogens with two attached hydrogens (primary N) is 1. The third-order valence-corrected chi connectivity index (χ3v) is 3.51. The number of aliphatic hydroxyl groups excluding tert-OH is 1. The van der Waals surface area contributed by atoms with Crippen LogP contribution in [0, 0.1) is 0 Å². The fourth-order valence-electron chi connectivity index (χ4n) is 1.69. The molecular formula is C15H25N3O2. The van der Waals surface area contributed by atoms with Crippen LogP contribution in [0.4, 0.5) is 11.4 Å². The molecule has 0 heterocycles. The second-order valence-corrected chi connectivity index (χ2v) is 5.67. The van der Waals surface area contributed by atoms with E-state index in [1.807, 2.05) is 20.9 Å². The minimum atomic E-state index is -0.257. The molecule has 5 heteroatoms. The fourth-order valence-corrected chi connectivity index (χ4v) is 1.69.